The molecule has 3 heteroatoms. The molecule has 0 aliphatic rings. The van der Waals surface area contributed by atoms with Crippen molar-refractivity contribution in [3.05, 3.63) is 0 Å². The number of ketones is 2. The van der Waals surface area contributed by atoms with Crippen molar-refractivity contribution in [2.75, 3.05) is 7.05 Å². The van der Waals surface area contributed by atoms with E-state index in [0.29, 0.717) is 12.8 Å². The van der Waals surface area contributed by atoms with Crippen molar-refractivity contribution in [2.45, 2.75) is 39.7 Å². The van der Waals surface area contributed by atoms with Gasteiger partial charge in [-0.2, -0.15) is 0 Å². The smallest absolute Gasteiger partial charge is 0.152 e. The molecule has 0 rings (SSSR count). The standard InChI is InChI=1S/C10H19NO2/c1-7(2)10(13)9(11-4)6-5-8(3)12/h7,9,11H,5-6H2,1-4H3/t9-/m1/s1. The normalized spacial score (nSPS) is 13.0. The van der Waals surface area contributed by atoms with E-state index in [4.69, 9.17) is 0 Å². The Morgan fingerprint density at radius 2 is 1.85 bits per heavy atom. The van der Waals surface area contributed by atoms with Crippen LogP contribution in [-0.2, 0) is 9.59 Å². The van der Waals surface area contributed by atoms with Gasteiger partial charge in [0.1, 0.15) is 5.78 Å². The van der Waals surface area contributed by atoms with Crippen LogP contribution in [-0.4, -0.2) is 24.7 Å². The number of carbonyl (C=O) groups excluding carboxylic acids is 2. The molecule has 0 spiro atoms. The molecule has 0 radical (unpaired) electrons. The predicted molar refractivity (Wildman–Crippen MR) is 52.6 cm³/mol. The summed E-state index contributed by atoms with van der Waals surface area (Å²) in [5, 5.41) is 2.94. The lowest BCUT2D eigenvalue weighted by Crippen LogP contribution is -2.37. The molecule has 0 aromatic heterocycles. The third-order valence-corrected chi connectivity index (χ3v) is 2.05. The molecule has 0 aromatic carbocycles. The van der Waals surface area contributed by atoms with Crippen LogP contribution in [0.2, 0.25) is 0 Å². The van der Waals surface area contributed by atoms with E-state index in [9.17, 15) is 9.59 Å². The molecular weight excluding hydrogens is 166 g/mol. The zero-order chi connectivity index (χ0) is 10.4. The van der Waals surface area contributed by atoms with Crippen molar-refractivity contribution in [3.8, 4) is 0 Å². The van der Waals surface area contributed by atoms with E-state index in [2.05, 4.69) is 5.32 Å². The Balaban J connectivity index is 4.02. The maximum absolute atomic E-state index is 11.5. The lowest BCUT2D eigenvalue weighted by molar-refractivity contribution is -0.124. The van der Waals surface area contributed by atoms with Crippen LogP contribution in [0, 0.1) is 5.92 Å². The molecule has 0 aromatic rings. The van der Waals surface area contributed by atoms with Gasteiger partial charge in [0, 0.05) is 12.3 Å². The first-order chi connectivity index (χ1) is 5.99. The van der Waals surface area contributed by atoms with Gasteiger partial charge in [0.05, 0.1) is 6.04 Å². The Bertz CT molecular complexity index is 187. The maximum Gasteiger partial charge on any atom is 0.152 e. The number of likely N-dealkylation sites (N-methyl/N-ethyl adjacent to an activating group) is 1. The third kappa shape index (κ3) is 4.78. The second-order valence-electron chi connectivity index (χ2n) is 3.64. The summed E-state index contributed by atoms with van der Waals surface area (Å²) in [7, 11) is 1.76. The quantitative estimate of drug-likeness (QED) is 0.675. The van der Waals surface area contributed by atoms with Gasteiger partial charge in [-0.05, 0) is 20.4 Å². The highest BCUT2D eigenvalue weighted by Crippen LogP contribution is 2.05. The van der Waals surface area contributed by atoms with E-state index in [-0.39, 0.29) is 23.5 Å². The first-order valence-corrected chi connectivity index (χ1v) is 4.69. The summed E-state index contributed by atoms with van der Waals surface area (Å²) in [6, 6.07) is -0.163. The first kappa shape index (κ1) is 12.3. The van der Waals surface area contributed by atoms with Gasteiger partial charge in [-0.3, -0.25) is 4.79 Å². The highest BCUT2D eigenvalue weighted by atomic mass is 16.1. The minimum absolute atomic E-state index is 0.0319. The van der Waals surface area contributed by atoms with Gasteiger partial charge in [0.2, 0.25) is 0 Å². The molecular formula is C10H19NO2. The molecule has 0 bridgehead atoms. The summed E-state index contributed by atoms with van der Waals surface area (Å²) in [5.41, 5.74) is 0. The van der Waals surface area contributed by atoms with Crippen LogP contribution in [0.25, 0.3) is 0 Å². The second kappa shape index (κ2) is 5.86. The van der Waals surface area contributed by atoms with Gasteiger partial charge in [-0.25, -0.2) is 0 Å². The van der Waals surface area contributed by atoms with Crippen LogP contribution in [0.5, 0.6) is 0 Å². The zero-order valence-electron chi connectivity index (χ0n) is 8.89. The minimum atomic E-state index is -0.163. The van der Waals surface area contributed by atoms with Gasteiger partial charge in [-0.15, -0.1) is 0 Å². The maximum atomic E-state index is 11.5. The van der Waals surface area contributed by atoms with Gasteiger partial charge >= 0.3 is 0 Å². The van der Waals surface area contributed by atoms with E-state index in [1.54, 1.807) is 14.0 Å². The summed E-state index contributed by atoms with van der Waals surface area (Å²) in [6.07, 6.45) is 1.09. The summed E-state index contributed by atoms with van der Waals surface area (Å²) in [4.78, 5) is 22.2. The number of nitrogens with one attached hydrogen (secondary N) is 1. The Hall–Kier alpha value is -0.700. The number of hydrogen-bond acceptors (Lipinski definition) is 3. The molecule has 0 saturated heterocycles. The average molecular weight is 185 g/mol. The Labute approximate surface area is 79.9 Å². The molecule has 3 nitrogen and oxygen atoms in total. The van der Waals surface area contributed by atoms with E-state index < -0.39 is 0 Å². The summed E-state index contributed by atoms with van der Waals surface area (Å²) in [5.74, 6) is 0.352. The van der Waals surface area contributed by atoms with Crippen LogP contribution < -0.4 is 5.32 Å². The van der Waals surface area contributed by atoms with Crippen molar-refractivity contribution in [1.29, 1.82) is 0 Å². The first-order valence-electron chi connectivity index (χ1n) is 4.69. The van der Waals surface area contributed by atoms with Crippen LogP contribution >= 0.6 is 0 Å². The number of hydrogen-bond donors (Lipinski definition) is 1. The molecule has 0 unspecified atom stereocenters. The highest BCUT2D eigenvalue weighted by Gasteiger charge is 2.19. The molecule has 0 aliphatic carbocycles. The molecule has 0 heterocycles. The van der Waals surface area contributed by atoms with E-state index >= 15 is 0 Å². The SMILES string of the molecule is CN[C@H](CCC(C)=O)C(=O)C(C)C. The minimum Gasteiger partial charge on any atom is -0.311 e. The summed E-state index contributed by atoms with van der Waals surface area (Å²) < 4.78 is 0. The lowest BCUT2D eigenvalue weighted by atomic mass is 9.97. The Morgan fingerprint density at radius 1 is 1.31 bits per heavy atom. The van der Waals surface area contributed by atoms with Gasteiger partial charge in [0.15, 0.2) is 5.78 Å². The lowest BCUT2D eigenvalue weighted by Gasteiger charge is -2.16. The van der Waals surface area contributed by atoms with Gasteiger partial charge in [-0.1, -0.05) is 13.8 Å². The molecule has 1 atom stereocenters. The van der Waals surface area contributed by atoms with Crippen LogP contribution in [0.15, 0.2) is 0 Å². The molecule has 13 heavy (non-hydrogen) atoms. The van der Waals surface area contributed by atoms with Crippen molar-refractivity contribution in [2.24, 2.45) is 5.92 Å². The predicted octanol–water partition coefficient (Wildman–Crippen LogP) is 1.17. The molecule has 0 aliphatic heterocycles. The summed E-state index contributed by atoms with van der Waals surface area (Å²) in [6.45, 7) is 5.30. The van der Waals surface area contributed by atoms with Crippen LogP contribution in [0.3, 0.4) is 0 Å². The van der Waals surface area contributed by atoms with Crippen molar-refractivity contribution < 1.29 is 9.59 Å². The fraction of sp³-hybridized carbons (Fsp3) is 0.800. The Morgan fingerprint density at radius 3 is 2.15 bits per heavy atom. The fourth-order valence-corrected chi connectivity index (χ4v) is 1.18. The van der Waals surface area contributed by atoms with Crippen molar-refractivity contribution >= 4 is 11.6 Å². The van der Waals surface area contributed by atoms with E-state index in [1.165, 1.54) is 0 Å². The fourth-order valence-electron chi connectivity index (χ4n) is 1.18. The van der Waals surface area contributed by atoms with Crippen molar-refractivity contribution in [3.63, 3.8) is 0 Å². The van der Waals surface area contributed by atoms with E-state index in [1.807, 2.05) is 13.8 Å². The number of carbonyl (C=O) groups is 2. The third-order valence-electron chi connectivity index (χ3n) is 2.05. The Kier molecular flexibility index (Phi) is 5.55. The monoisotopic (exact) mass is 185 g/mol. The topological polar surface area (TPSA) is 46.2 Å². The second-order valence-corrected chi connectivity index (χ2v) is 3.64. The van der Waals surface area contributed by atoms with Gasteiger partial charge < -0.3 is 10.1 Å². The van der Waals surface area contributed by atoms with Crippen LogP contribution in [0.1, 0.15) is 33.6 Å². The molecule has 0 amide bonds. The van der Waals surface area contributed by atoms with Crippen molar-refractivity contribution in [1.82, 2.24) is 5.32 Å². The average Bonchev–Trinajstić information content (AvgIpc) is 2.04. The molecule has 0 fully saturated rings. The molecule has 0 saturated carbocycles. The number of rotatable bonds is 6. The van der Waals surface area contributed by atoms with Gasteiger partial charge in [0.25, 0.3) is 0 Å². The van der Waals surface area contributed by atoms with E-state index in [0.717, 1.165) is 0 Å². The largest absolute Gasteiger partial charge is 0.311 e. The molecule has 1 N–H and O–H groups in total. The van der Waals surface area contributed by atoms with Crippen LogP contribution in [0.4, 0.5) is 0 Å². The summed E-state index contributed by atoms with van der Waals surface area (Å²) >= 11 is 0. The highest BCUT2D eigenvalue weighted by molar-refractivity contribution is 5.86. The molecule has 76 valence electrons. The zero-order valence-corrected chi connectivity index (χ0v) is 8.89. The number of Topliss-reactive ketones (excluding diaryl/α,β-unsaturated/α-hetero) is 2.